The van der Waals surface area contributed by atoms with Crippen LogP contribution in [-0.4, -0.2) is 40.9 Å². The molecule has 0 radical (unpaired) electrons. The van der Waals surface area contributed by atoms with Crippen LogP contribution in [0.2, 0.25) is 0 Å². The number of aromatic nitrogens is 2. The summed E-state index contributed by atoms with van der Waals surface area (Å²) >= 11 is 0. The molecule has 0 saturated carbocycles. The monoisotopic (exact) mass is 180 g/mol. The molecule has 1 fully saturated rings. The van der Waals surface area contributed by atoms with Crippen molar-refractivity contribution in [1.82, 2.24) is 20.0 Å². The van der Waals surface area contributed by atoms with Gasteiger partial charge in [0.1, 0.15) is 6.17 Å². The average molecular weight is 180 g/mol. The van der Waals surface area contributed by atoms with Crippen molar-refractivity contribution < 1.29 is 0 Å². The minimum atomic E-state index is 0.386. The minimum Gasteiger partial charge on any atom is -0.314 e. The summed E-state index contributed by atoms with van der Waals surface area (Å²) in [6.07, 6.45) is 4.24. The molecule has 0 bridgehead atoms. The third-order valence-corrected chi connectivity index (χ3v) is 2.59. The molecule has 1 saturated heterocycles. The van der Waals surface area contributed by atoms with E-state index >= 15 is 0 Å². The first-order valence-electron chi connectivity index (χ1n) is 4.82. The van der Waals surface area contributed by atoms with Crippen LogP contribution in [0.25, 0.3) is 0 Å². The topological polar surface area (TPSA) is 33.1 Å². The van der Waals surface area contributed by atoms with Gasteiger partial charge in [0, 0.05) is 38.6 Å². The van der Waals surface area contributed by atoms with Gasteiger partial charge in [0.05, 0.1) is 0 Å². The lowest BCUT2D eigenvalue weighted by Gasteiger charge is -2.32. The number of piperazine rings is 1. The minimum absolute atomic E-state index is 0.386. The average Bonchev–Trinajstić information content (AvgIpc) is 2.71. The highest BCUT2D eigenvalue weighted by atomic mass is 15.4. The van der Waals surface area contributed by atoms with Gasteiger partial charge in [-0.15, -0.1) is 0 Å². The fraction of sp³-hybridized carbons (Fsp3) is 0.667. The van der Waals surface area contributed by atoms with Gasteiger partial charge < -0.3 is 5.32 Å². The van der Waals surface area contributed by atoms with E-state index < -0.39 is 0 Å². The van der Waals surface area contributed by atoms with Gasteiger partial charge in [-0.3, -0.25) is 9.58 Å². The molecule has 1 unspecified atom stereocenters. The van der Waals surface area contributed by atoms with Gasteiger partial charge in [-0.05, 0) is 13.0 Å². The highest BCUT2D eigenvalue weighted by Gasteiger charge is 2.17. The summed E-state index contributed by atoms with van der Waals surface area (Å²) in [5.74, 6) is 0. The molecule has 2 rings (SSSR count). The maximum absolute atomic E-state index is 4.25. The molecule has 1 atom stereocenters. The maximum atomic E-state index is 4.25. The molecule has 0 aromatic carbocycles. The Bertz CT molecular complexity index is 238. The highest BCUT2D eigenvalue weighted by Crippen LogP contribution is 2.10. The molecule has 0 spiro atoms. The van der Waals surface area contributed by atoms with E-state index in [0.717, 1.165) is 26.2 Å². The Balaban J connectivity index is 1.99. The molecule has 13 heavy (non-hydrogen) atoms. The first-order valence-corrected chi connectivity index (χ1v) is 4.82. The lowest BCUT2D eigenvalue weighted by atomic mass is 10.3. The van der Waals surface area contributed by atoms with Gasteiger partial charge in [0.2, 0.25) is 0 Å². The van der Waals surface area contributed by atoms with Crippen LogP contribution < -0.4 is 5.32 Å². The summed E-state index contributed by atoms with van der Waals surface area (Å²) < 4.78 is 2.01. The third kappa shape index (κ3) is 1.89. The molecule has 4 nitrogen and oxygen atoms in total. The highest BCUT2D eigenvalue weighted by molar-refractivity contribution is 4.81. The summed E-state index contributed by atoms with van der Waals surface area (Å²) in [6, 6.07) is 1.97. The van der Waals surface area contributed by atoms with Crippen molar-refractivity contribution in [1.29, 1.82) is 0 Å². The molecule has 72 valence electrons. The molecular formula is C9H16N4. The second-order valence-corrected chi connectivity index (χ2v) is 3.40. The Morgan fingerprint density at radius 2 is 2.15 bits per heavy atom. The van der Waals surface area contributed by atoms with Crippen LogP contribution in [-0.2, 0) is 0 Å². The van der Waals surface area contributed by atoms with Gasteiger partial charge in [0.15, 0.2) is 0 Å². The summed E-state index contributed by atoms with van der Waals surface area (Å²) in [4.78, 5) is 2.43. The third-order valence-electron chi connectivity index (χ3n) is 2.59. The number of nitrogens with one attached hydrogen (secondary N) is 1. The first kappa shape index (κ1) is 8.72. The number of hydrogen-bond donors (Lipinski definition) is 1. The zero-order valence-electron chi connectivity index (χ0n) is 7.98. The number of rotatable bonds is 2. The van der Waals surface area contributed by atoms with Crippen LogP contribution in [0.4, 0.5) is 0 Å². The fourth-order valence-electron chi connectivity index (χ4n) is 1.72. The van der Waals surface area contributed by atoms with Crippen LogP contribution in [0.15, 0.2) is 18.5 Å². The van der Waals surface area contributed by atoms with E-state index in [1.54, 1.807) is 0 Å². The van der Waals surface area contributed by atoms with E-state index in [1.165, 1.54) is 0 Å². The number of nitrogens with zero attached hydrogens (tertiary/aromatic N) is 3. The van der Waals surface area contributed by atoms with Gasteiger partial charge in [-0.1, -0.05) is 0 Å². The molecule has 1 aliphatic rings. The largest absolute Gasteiger partial charge is 0.314 e. The van der Waals surface area contributed by atoms with Crippen LogP contribution in [0.5, 0.6) is 0 Å². The molecule has 2 heterocycles. The summed E-state index contributed by atoms with van der Waals surface area (Å²) in [7, 11) is 0. The van der Waals surface area contributed by atoms with Gasteiger partial charge in [-0.2, -0.15) is 5.10 Å². The standard InChI is InChI=1S/C9H16N4/c1-9(13-6-2-3-11-13)12-7-4-10-5-8-12/h2-3,6,9-10H,4-5,7-8H2,1H3. The van der Waals surface area contributed by atoms with Crippen LogP contribution >= 0.6 is 0 Å². The van der Waals surface area contributed by atoms with Crippen molar-refractivity contribution in [2.75, 3.05) is 26.2 Å². The van der Waals surface area contributed by atoms with Crippen molar-refractivity contribution in [2.24, 2.45) is 0 Å². The maximum Gasteiger partial charge on any atom is 0.101 e. The Labute approximate surface area is 78.5 Å². The lowest BCUT2D eigenvalue weighted by molar-refractivity contribution is 0.125. The molecule has 1 aliphatic heterocycles. The Morgan fingerprint density at radius 1 is 1.38 bits per heavy atom. The zero-order valence-corrected chi connectivity index (χ0v) is 7.98. The fourth-order valence-corrected chi connectivity index (χ4v) is 1.72. The van der Waals surface area contributed by atoms with E-state index in [0.29, 0.717) is 6.17 Å². The lowest BCUT2D eigenvalue weighted by Crippen LogP contribution is -2.45. The Kier molecular flexibility index (Phi) is 2.61. The molecular weight excluding hydrogens is 164 g/mol. The normalized spacial score (nSPS) is 21.6. The van der Waals surface area contributed by atoms with Crippen molar-refractivity contribution in [3.05, 3.63) is 18.5 Å². The molecule has 0 aliphatic carbocycles. The van der Waals surface area contributed by atoms with E-state index in [9.17, 15) is 0 Å². The Hall–Kier alpha value is -0.870. The summed E-state index contributed by atoms with van der Waals surface area (Å²) in [5, 5.41) is 7.59. The summed E-state index contributed by atoms with van der Waals surface area (Å²) in [6.45, 7) is 6.59. The van der Waals surface area contributed by atoms with Crippen LogP contribution in [0, 0.1) is 0 Å². The zero-order chi connectivity index (χ0) is 9.10. The summed E-state index contributed by atoms with van der Waals surface area (Å²) in [5.41, 5.74) is 0. The molecule has 0 amide bonds. The molecule has 4 heteroatoms. The van der Waals surface area contributed by atoms with E-state index in [4.69, 9.17) is 0 Å². The van der Waals surface area contributed by atoms with E-state index in [1.807, 2.05) is 23.1 Å². The van der Waals surface area contributed by atoms with Crippen molar-refractivity contribution in [2.45, 2.75) is 13.1 Å². The SMILES string of the molecule is CC(N1CCNCC1)n1cccn1. The second kappa shape index (κ2) is 3.89. The molecule has 1 aromatic heterocycles. The van der Waals surface area contributed by atoms with Crippen molar-refractivity contribution >= 4 is 0 Å². The van der Waals surface area contributed by atoms with Gasteiger partial charge in [0.25, 0.3) is 0 Å². The number of hydrogen-bond acceptors (Lipinski definition) is 3. The van der Waals surface area contributed by atoms with Crippen molar-refractivity contribution in [3.8, 4) is 0 Å². The first-order chi connectivity index (χ1) is 6.38. The van der Waals surface area contributed by atoms with Crippen LogP contribution in [0.1, 0.15) is 13.1 Å². The Morgan fingerprint density at radius 3 is 2.77 bits per heavy atom. The molecule has 1 N–H and O–H groups in total. The second-order valence-electron chi connectivity index (χ2n) is 3.40. The van der Waals surface area contributed by atoms with Crippen molar-refractivity contribution in [3.63, 3.8) is 0 Å². The van der Waals surface area contributed by atoms with E-state index in [-0.39, 0.29) is 0 Å². The predicted molar refractivity (Wildman–Crippen MR) is 51.4 cm³/mol. The van der Waals surface area contributed by atoms with Gasteiger partial charge in [-0.25, -0.2) is 0 Å². The van der Waals surface area contributed by atoms with Crippen LogP contribution in [0.3, 0.4) is 0 Å². The smallest absolute Gasteiger partial charge is 0.101 e. The van der Waals surface area contributed by atoms with Gasteiger partial charge >= 0.3 is 0 Å². The molecule has 1 aromatic rings. The predicted octanol–water partition coefficient (Wildman–Crippen LogP) is 0.307. The van der Waals surface area contributed by atoms with E-state index in [2.05, 4.69) is 22.2 Å². The quantitative estimate of drug-likeness (QED) is 0.711.